The highest BCUT2D eigenvalue weighted by Crippen LogP contribution is 2.55. The molecule has 2 heterocycles. The van der Waals surface area contributed by atoms with Crippen molar-refractivity contribution < 1.29 is 14.3 Å². The Balaban J connectivity index is 1.20. The maximum Gasteiger partial charge on any atom is 0.231 e. The summed E-state index contributed by atoms with van der Waals surface area (Å²) in [4.78, 5) is 14.7. The van der Waals surface area contributed by atoms with Gasteiger partial charge in [0.25, 0.3) is 0 Å². The third-order valence-corrected chi connectivity index (χ3v) is 6.55. The summed E-state index contributed by atoms with van der Waals surface area (Å²) >= 11 is 0. The van der Waals surface area contributed by atoms with Crippen LogP contribution < -0.4 is 9.47 Å². The van der Waals surface area contributed by atoms with Crippen molar-refractivity contribution in [2.45, 2.75) is 32.1 Å². The van der Waals surface area contributed by atoms with Crippen LogP contribution in [0.25, 0.3) is 0 Å². The van der Waals surface area contributed by atoms with E-state index in [2.05, 4.69) is 4.90 Å². The quantitative estimate of drug-likeness (QED) is 0.861. The van der Waals surface area contributed by atoms with Crippen LogP contribution >= 0.6 is 0 Å². The standard InChI is InChI=1S/C19H23NO3/c21-19(6-2-12-1-5-17-18(7-12)23-11-22-17)20-9-15-13-3-4-14(8-13)16(15)10-20/h1,5,7,13-16H,2-4,6,8-11H2/t13-,14+,15-,16+. The maximum absolute atomic E-state index is 12.6. The van der Waals surface area contributed by atoms with E-state index >= 15 is 0 Å². The average molecular weight is 313 g/mol. The van der Waals surface area contributed by atoms with E-state index in [1.54, 1.807) is 0 Å². The second-order valence-electron chi connectivity index (χ2n) is 7.65. The Bertz CT molecular complexity index is 626. The van der Waals surface area contributed by atoms with Crippen molar-refractivity contribution in [2.24, 2.45) is 23.7 Å². The first-order valence-corrected chi connectivity index (χ1v) is 8.94. The second-order valence-corrected chi connectivity index (χ2v) is 7.65. The number of aryl methyl sites for hydroxylation is 1. The molecule has 4 nitrogen and oxygen atoms in total. The molecule has 2 aliphatic heterocycles. The van der Waals surface area contributed by atoms with Crippen molar-refractivity contribution >= 4 is 5.91 Å². The van der Waals surface area contributed by atoms with Gasteiger partial charge in [-0.15, -0.1) is 0 Å². The smallest absolute Gasteiger partial charge is 0.231 e. The minimum Gasteiger partial charge on any atom is -0.454 e. The largest absolute Gasteiger partial charge is 0.454 e. The Morgan fingerprint density at radius 3 is 2.61 bits per heavy atom. The molecule has 3 fully saturated rings. The van der Waals surface area contributed by atoms with Gasteiger partial charge in [-0.25, -0.2) is 0 Å². The fourth-order valence-electron chi connectivity index (χ4n) is 5.39. The summed E-state index contributed by atoms with van der Waals surface area (Å²) in [6.07, 6.45) is 5.65. The lowest BCUT2D eigenvalue weighted by atomic mass is 9.82. The average Bonchev–Trinajstić information content (AvgIpc) is 3.32. The molecule has 0 radical (unpaired) electrons. The predicted molar refractivity (Wildman–Crippen MR) is 85.3 cm³/mol. The predicted octanol–water partition coefficient (Wildman–Crippen LogP) is 2.85. The lowest BCUT2D eigenvalue weighted by Crippen LogP contribution is -2.30. The summed E-state index contributed by atoms with van der Waals surface area (Å²) in [5, 5.41) is 0. The summed E-state index contributed by atoms with van der Waals surface area (Å²) in [5.74, 6) is 5.39. The number of fused-ring (bicyclic) bond motifs is 6. The summed E-state index contributed by atoms with van der Waals surface area (Å²) in [6, 6.07) is 5.99. The maximum atomic E-state index is 12.6. The number of nitrogens with zero attached hydrogens (tertiary/aromatic N) is 1. The van der Waals surface area contributed by atoms with Crippen molar-refractivity contribution in [1.29, 1.82) is 0 Å². The van der Waals surface area contributed by atoms with E-state index in [0.29, 0.717) is 19.1 Å². The summed E-state index contributed by atoms with van der Waals surface area (Å²) < 4.78 is 10.7. The van der Waals surface area contributed by atoms with Crippen LogP contribution in [-0.4, -0.2) is 30.7 Å². The topological polar surface area (TPSA) is 38.8 Å². The van der Waals surface area contributed by atoms with E-state index in [1.165, 1.54) is 19.3 Å². The van der Waals surface area contributed by atoms with Gasteiger partial charge < -0.3 is 14.4 Å². The van der Waals surface area contributed by atoms with Crippen molar-refractivity contribution in [3.63, 3.8) is 0 Å². The highest BCUT2D eigenvalue weighted by molar-refractivity contribution is 5.77. The van der Waals surface area contributed by atoms with Gasteiger partial charge in [-0.3, -0.25) is 4.79 Å². The van der Waals surface area contributed by atoms with E-state index < -0.39 is 0 Å². The lowest BCUT2D eigenvalue weighted by molar-refractivity contribution is -0.130. The number of benzene rings is 1. The molecule has 2 bridgehead atoms. The van der Waals surface area contributed by atoms with Crippen LogP contribution in [0.3, 0.4) is 0 Å². The molecule has 1 amide bonds. The van der Waals surface area contributed by atoms with Crippen LogP contribution in [0, 0.1) is 23.7 Å². The van der Waals surface area contributed by atoms with Crippen LogP contribution in [0.4, 0.5) is 0 Å². The Morgan fingerprint density at radius 2 is 1.83 bits per heavy atom. The summed E-state index contributed by atoms with van der Waals surface area (Å²) in [6.45, 7) is 2.34. The van der Waals surface area contributed by atoms with Gasteiger partial charge in [-0.2, -0.15) is 0 Å². The first kappa shape index (κ1) is 13.7. The molecule has 2 aliphatic carbocycles. The SMILES string of the molecule is O=C(CCc1ccc2c(c1)OCO2)N1C[C@@H]2[C@@H]3CC[C@@H](C3)[C@@H]2C1. The Labute approximate surface area is 136 Å². The molecule has 1 saturated heterocycles. The molecule has 0 unspecified atom stereocenters. The van der Waals surface area contributed by atoms with Crippen LogP contribution in [-0.2, 0) is 11.2 Å². The monoisotopic (exact) mass is 313 g/mol. The molecule has 1 aromatic rings. The minimum atomic E-state index is 0.302. The van der Waals surface area contributed by atoms with E-state index in [0.717, 1.165) is 60.2 Å². The molecular weight excluding hydrogens is 290 g/mol. The first-order chi connectivity index (χ1) is 11.3. The second kappa shape index (κ2) is 5.15. The fourth-order valence-corrected chi connectivity index (χ4v) is 5.39. The third-order valence-electron chi connectivity index (χ3n) is 6.55. The van der Waals surface area contributed by atoms with Crippen LogP contribution in [0.1, 0.15) is 31.2 Å². The Kier molecular flexibility index (Phi) is 3.07. The van der Waals surface area contributed by atoms with Gasteiger partial charge in [0, 0.05) is 19.5 Å². The number of ether oxygens (including phenoxy) is 2. The number of hydrogen-bond acceptors (Lipinski definition) is 3. The minimum absolute atomic E-state index is 0.302. The molecular formula is C19H23NO3. The number of carbonyl (C=O) groups excluding carboxylic acids is 1. The lowest BCUT2D eigenvalue weighted by Gasteiger charge is -2.22. The van der Waals surface area contributed by atoms with Crippen molar-refractivity contribution in [3.8, 4) is 11.5 Å². The van der Waals surface area contributed by atoms with Crippen LogP contribution in [0.2, 0.25) is 0 Å². The zero-order valence-corrected chi connectivity index (χ0v) is 13.4. The van der Waals surface area contributed by atoms with Gasteiger partial charge in [0.2, 0.25) is 12.7 Å². The molecule has 0 aromatic heterocycles. The molecule has 4 aliphatic rings. The van der Waals surface area contributed by atoms with Crippen molar-refractivity contribution in [2.75, 3.05) is 19.9 Å². The molecule has 4 heteroatoms. The number of amides is 1. The van der Waals surface area contributed by atoms with E-state index in [4.69, 9.17) is 9.47 Å². The molecule has 0 N–H and O–H groups in total. The highest BCUT2D eigenvalue weighted by atomic mass is 16.7. The van der Waals surface area contributed by atoms with E-state index in [-0.39, 0.29) is 0 Å². The zero-order valence-electron chi connectivity index (χ0n) is 13.4. The van der Waals surface area contributed by atoms with E-state index in [9.17, 15) is 4.79 Å². The molecule has 122 valence electrons. The van der Waals surface area contributed by atoms with Gasteiger partial charge in [0.15, 0.2) is 11.5 Å². The van der Waals surface area contributed by atoms with Crippen molar-refractivity contribution in [3.05, 3.63) is 23.8 Å². The Morgan fingerprint density at radius 1 is 1.09 bits per heavy atom. The summed E-state index contributed by atoms with van der Waals surface area (Å²) in [7, 11) is 0. The molecule has 1 aromatic carbocycles. The van der Waals surface area contributed by atoms with Crippen LogP contribution in [0.15, 0.2) is 18.2 Å². The first-order valence-electron chi connectivity index (χ1n) is 8.94. The Hall–Kier alpha value is -1.71. The van der Waals surface area contributed by atoms with Gasteiger partial charge in [-0.05, 0) is 67.1 Å². The number of carbonyl (C=O) groups is 1. The molecule has 2 saturated carbocycles. The van der Waals surface area contributed by atoms with Crippen molar-refractivity contribution in [1.82, 2.24) is 4.90 Å². The molecule has 5 rings (SSSR count). The van der Waals surface area contributed by atoms with E-state index in [1.807, 2.05) is 18.2 Å². The van der Waals surface area contributed by atoms with Gasteiger partial charge in [-0.1, -0.05) is 6.07 Å². The zero-order chi connectivity index (χ0) is 15.4. The fraction of sp³-hybridized carbons (Fsp3) is 0.632. The number of likely N-dealkylation sites (tertiary alicyclic amines) is 1. The third kappa shape index (κ3) is 2.22. The normalized spacial score (nSPS) is 33.3. The molecule has 4 atom stereocenters. The molecule has 0 spiro atoms. The van der Waals surface area contributed by atoms with Gasteiger partial charge in [0.1, 0.15) is 0 Å². The number of rotatable bonds is 3. The van der Waals surface area contributed by atoms with Gasteiger partial charge >= 0.3 is 0 Å². The highest BCUT2D eigenvalue weighted by Gasteiger charge is 2.52. The van der Waals surface area contributed by atoms with Gasteiger partial charge in [0.05, 0.1) is 0 Å². The molecule has 23 heavy (non-hydrogen) atoms. The summed E-state index contributed by atoms with van der Waals surface area (Å²) in [5.41, 5.74) is 1.15. The number of hydrogen-bond donors (Lipinski definition) is 0. The van der Waals surface area contributed by atoms with Crippen LogP contribution in [0.5, 0.6) is 11.5 Å².